The summed E-state index contributed by atoms with van der Waals surface area (Å²) in [5.41, 5.74) is 4.16. The Kier molecular flexibility index (Phi) is 5.67. The van der Waals surface area contributed by atoms with Crippen LogP contribution in [-0.2, 0) is 4.79 Å². The molecule has 0 heterocycles. The number of rotatable bonds is 6. The number of carbonyl (C=O) groups excluding carboxylic acids is 1. The van der Waals surface area contributed by atoms with Gasteiger partial charge in [0.25, 0.3) is 11.6 Å². The van der Waals surface area contributed by atoms with Crippen LogP contribution in [0.25, 0.3) is 0 Å². The van der Waals surface area contributed by atoms with Gasteiger partial charge in [-0.2, -0.15) is 5.10 Å². The molecule has 0 radical (unpaired) electrons. The maximum absolute atomic E-state index is 12.0. The Hall–Kier alpha value is -3.42. The average Bonchev–Trinajstić information content (AvgIpc) is 2.56. The zero-order valence-corrected chi connectivity index (χ0v) is 13.8. The Morgan fingerprint density at radius 3 is 2.76 bits per heavy atom. The van der Waals surface area contributed by atoms with Gasteiger partial charge in [0.1, 0.15) is 11.8 Å². The summed E-state index contributed by atoms with van der Waals surface area (Å²) in [4.78, 5) is 22.2. The summed E-state index contributed by atoms with van der Waals surface area (Å²) >= 11 is 0. The number of benzene rings is 2. The lowest BCUT2D eigenvalue weighted by molar-refractivity contribution is -0.384. The SMILES string of the molecule is Cc1cccc(N[C@H](C)C(=O)N/N=C\c2cc([N+](=O)[O-])ccc2O)c1. The molecular weight excluding hydrogens is 324 g/mol. The zero-order valence-electron chi connectivity index (χ0n) is 13.8. The van der Waals surface area contributed by atoms with Gasteiger partial charge in [0.2, 0.25) is 0 Å². The van der Waals surface area contributed by atoms with E-state index in [1.54, 1.807) is 6.92 Å². The quantitative estimate of drug-likeness (QED) is 0.424. The number of hydrogen-bond acceptors (Lipinski definition) is 6. The van der Waals surface area contributed by atoms with E-state index >= 15 is 0 Å². The van der Waals surface area contributed by atoms with Gasteiger partial charge < -0.3 is 10.4 Å². The lowest BCUT2D eigenvalue weighted by Gasteiger charge is -2.13. The molecule has 0 saturated heterocycles. The van der Waals surface area contributed by atoms with Gasteiger partial charge >= 0.3 is 0 Å². The number of amides is 1. The topological polar surface area (TPSA) is 117 Å². The third kappa shape index (κ3) is 5.03. The van der Waals surface area contributed by atoms with Crippen molar-refractivity contribution in [3.8, 4) is 5.75 Å². The first-order valence-corrected chi connectivity index (χ1v) is 7.50. The molecule has 1 atom stereocenters. The smallest absolute Gasteiger partial charge is 0.270 e. The number of anilines is 1. The molecule has 0 bridgehead atoms. The van der Waals surface area contributed by atoms with E-state index in [1.807, 2.05) is 31.2 Å². The zero-order chi connectivity index (χ0) is 18.4. The number of hydrazone groups is 1. The standard InChI is InChI=1S/C17H18N4O4/c1-11-4-3-5-14(8-11)19-12(2)17(23)20-18-10-13-9-15(21(24)25)6-7-16(13)22/h3-10,12,19,22H,1-2H3,(H,20,23)/b18-10-/t12-/m1/s1. The van der Waals surface area contributed by atoms with Crippen molar-refractivity contribution in [1.29, 1.82) is 0 Å². The highest BCUT2D eigenvalue weighted by Gasteiger charge is 2.12. The van der Waals surface area contributed by atoms with Crippen molar-refractivity contribution in [2.75, 3.05) is 5.32 Å². The molecule has 2 aromatic rings. The summed E-state index contributed by atoms with van der Waals surface area (Å²) in [5.74, 6) is -0.558. The maximum atomic E-state index is 12.0. The molecule has 0 unspecified atom stereocenters. The van der Waals surface area contributed by atoms with E-state index in [0.29, 0.717) is 0 Å². The molecule has 2 rings (SSSR count). The second-order valence-electron chi connectivity index (χ2n) is 5.47. The van der Waals surface area contributed by atoms with Gasteiger partial charge in [0, 0.05) is 23.4 Å². The number of aromatic hydroxyl groups is 1. The van der Waals surface area contributed by atoms with E-state index in [1.165, 1.54) is 18.2 Å². The molecule has 3 N–H and O–H groups in total. The fraction of sp³-hybridized carbons (Fsp3) is 0.176. The van der Waals surface area contributed by atoms with E-state index in [-0.39, 0.29) is 22.9 Å². The summed E-state index contributed by atoms with van der Waals surface area (Å²) in [5, 5.41) is 27.2. The highest BCUT2D eigenvalue weighted by atomic mass is 16.6. The molecular formula is C17H18N4O4. The number of non-ortho nitro benzene ring substituents is 1. The van der Waals surface area contributed by atoms with Crippen LogP contribution in [0, 0.1) is 17.0 Å². The lowest BCUT2D eigenvalue weighted by Crippen LogP contribution is -2.34. The van der Waals surface area contributed by atoms with E-state index < -0.39 is 11.0 Å². The van der Waals surface area contributed by atoms with Crippen LogP contribution in [0.4, 0.5) is 11.4 Å². The van der Waals surface area contributed by atoms with Crippen LogP contribution in [-0.4, -0.2) is 28.2 Å². The fourth-order valence-corrected chi connectivity index (χ4v) is 2.07. The molecule has 0 aliphatic rings. The van der Waals surface area contributed by atoms with Gasteiger partial charge in [-0.25, -0.2) is 5.43 Å². The van der Waals surface area contributed by atoms with Gasteiger partial charge in [-0.1, -0.05) is 12.1 Å². The number of nitrogens with one attached hydrogen (secondary N) is 2. The normalized spacial score (nSPS) is 11.9. The van der Waals surface area contributed by atoms with Gasteiger partial charge in [0.05, 0.1) is 11.1 Å². The van der Waals surface area contributed by atoms with E-state index in [9.17, 15) is 20.0 Å². The summed E-state index contributed by atoms with van der Waals surface area (Å²) in [6.45, 7) is 3.63. The van der Waals surface area contributed by atoms with Crippen LogP contribution < -0.4 is 10.7 Å². The number of phenolic OH excluding ortho intramolecular Hbond substituents is 1. The van der Waals surface area contributed by atoms with Crippen molar-refractivity contribution in [2.45, 2.75) is 19.9 Å². The second kappa shape index (κ2) is 7.91. The number of aryl methyl sites for hydroxylation is 1. The number of nitro benzene ring substituents is 1. The number of nitrogens with zero attached hydrogens (tertiary/aromatic N) is 2. The van der Waals surface area contributed by atoms with Crippen molar-refractivity contribution in [1.82, 2.24) is 5.43 Å². The number of carbonyl (C=O) groups is 1. The summed E-state index contributed by atoms with van der Waals surface area (Å²) in [6, 6.07) is 10.6. The highest BCUT2D eigenvalue weighted by Crippen LogP contribution is 2.21. The summed E-state index contributed by atoms with van der Waals surface area (Å²) in [6.07, 6.45) is 1.15. The van der Waals surface area contributed by atoms with Crippen LogP contribution in [0.3, 0.4) is 0 Å². The van der Waals surface area contributed by atoms with E-state index in [4.69, 9.17) is 0 Å². The van der Waals surface area contributed by atoms with Crippen molar-refractivity contribution in [2.24, 2.45) is 5.10 Å². The third-order valence-corrected chi connectivity index (χ3v) is 3.39. The Bertz CT molecular complexity index is 820. The predicted molar refractivity (Wildman–Crippen MR) is 94.8 cm³/mol. The molecule has 2 aromatic carbocycles. The Balaban J connectivity index is 1.98. The minimum atomic E-state index is -0.580. The molecule has 0 aliphatic carbocycles. The largest absolute Gasteiger partial charge is 0.507 e. The Morgan fingerprint density at radius 1 is 1.32 bits per heavy atom. The molecule has 0 spiro atoms. The van der Waals surface area contributed by atoms with Gasteiger partial charge in [-0.05, 0) is 37.6 Å². The van der Waals surface area contributed by atoms with Crippen molar-refractivity contribution >= 4 is 23.5 Å². The summed E-state index contributed by atoms with van der Waals surface area (Å²) in [7, 11) is 0. The van der Waals surface area contributed by atoms with Gasteiger partial charge in [-0.3, -0.25) is 14.9 Å². The van der Waals surface area contributed by atoms with Gasteiger partial charge in [-0.15, -0.1) is 0 Å². The Morgan fingerprint density at radius 2 is 2.08 bits per heavy atom. The van der Waals surface area contributed by atoms with Crippen LogP contribution in [0.5, 0.6) is 5.75 Å². The van der Waals surface area contributed by atoms with Crippen molar-refractivity contribution in [3.05, 3.63) is 63.7 Å². The third-order valence-electron chi connectivity index (χ3n) is 3.39. The Labute approximate surface area is 144 Å². The monoisotopic (exact) mass is 342 g/mol. The van der Waals surface area contributed by atoms with Crippen LogP contribution in [0.1, 0.15) is 18.1 Å². The van der Waals surface area contributed by atoms with Gasteiger partial charge in [0.15, 0.2) is 0 Å². The van der Waals surface area contributed by atoms with Crippen LogP contribution in [0.15, 0.2) is 47.6 Å². The minimum absolute atomic E-state index is 0.133. The number of hydrogen-bond donors (Lipinski definition) is 3. The molecule has 8 heteroatoms. The van der Waals surface area contributed by atoms with Crippen LogP contribution >= 0.6 is 0 Å². The summed E-state index contributed by atoms with van der Waals surface area (Å²) < 4.78 is 0. The molecule has 8 nitrogen and oxygen atoms in total. The minimum Gasteiger partial charge on any atom is -0.507 e. The molecule has 0 aliphatic heterocycles. The van der Waals surface area contributed by atoms with Crippen molar-refractivity contribution in [3.63, 3.8) is 0 Å². The fourth-order valence-electron chi connectivity index (χ4n) is 2.07. The van der Waals surface area contributed by atoms with Crippen molar-refractivity contribution < 1.29 is 14.8 Å². The molecule has 0 fully saturated rings. The molecule has 0 aromatic heterocycles. The first kappa shape index (κ1) is 17.9. The van der Waals surface area contributed by atoms with E-state index in [2.05, 4.69) is 15.8 Å². The molecule has 1 amide bonds. The first-order valence-electron chi connectivity index (χ1n) is 7.50. The molecule has 0 saturated carbocycles. The predicted octanol–water partition coefficient (Wildman–Crippen LogP) is 2.56. The lowest BCUT2D eigenvalue weighted by atomic mass is 10.2. The first-order chi connectivity index (χ1) is 11.9. The van der Waals surface area contributed by atoms with E-state index in [0.717, 1.165) is 17.5 Å². The molecule has 25 heavy (non-hydrogen) atoms. The second-order valence-corrected chi connectivity index (χ2v) is 5.47. The highest BCUT2D eigenvalue weighted by molar-refractivity contribution is 5.88. The maximum Gasteiger partial charge on any atom is 0.270 e. The molecule has 130 valence electrons. The average molecular weight is 342 g/mol. The number of nitro groups is 1. The number of phenols is 1. The van der Waals surface area contributed by atoms with Crippen LogP contribution in [0.2, 0.25) is 0 Å².